The molecular weight excluding hydrogens is 304 g/mol. The highest BCUT2D eigenvalue weighted by molar-refractivity contribution is 5.93. The molecule has 0 saturated carbocycles. The number of aromatic amines is 1. The van der Waals surface area contributed by atoms with Crippen LogP contribution in [0, 0.1) is 6.92 Å². The smallest absolute Gasteiger partial charge is 0.263 e. The van der Waals surface area contributed by atoms with Crippen LogP contribution in [0.3, 0.4) is 0 Å². The van der Waals surface area contributed by atoms with Gasteiger partial charge in [-0.05, 0) is 44.0 Å². The molecule has 1 atom stereocenters. The van der Waals surface area contributed by atoms with Crippen molar-refractivity contribution in [3.05, 3.63) is 58.3 Å². The van der Waals surface area contributed by atoms with Crippen LogP contribution in [-0.2, 0) is 11.2 Å². The van der Waals surface area contributed by atoms with Gasteiger partial charge in [-0.15, -0.1) is 0 Å². The Morgan fingerprint density at radius 2 is 2.04 bits per heavy atom. The molecule has 6 nitrogen and oxygen atoms in total. The minimum absolute atomic E-state index is 0.228. The first-order valence-corrected chi connectivity index (χ1v) is 7.96. The third-order valence-electron chi connectivity index (χ3n) is 4.13. The van der Waals surface area contributed by atoms with Gasteiger partial charge in [-0.3, -0.25) is 14.2 Å². The first-order chi connectivity index (χ1) is 11.5. The van der Waals surface area contributed by atoms with E-state index in [9.17, 15) is 9.59 Å². The molecule has 1 amide bonds. The van der Waals surface area contributed by atoms with Crippen LogP contribution in [0.5, 0.6) is 0 Å². The van der Waals surface area contributed by atoms with E-state index in [1.54, 1.807) is 13.0 Å². The molecule has 2 heterocycles. The van der Waals surface area contributed by atoms with Gasteiger partial charge in [0.25, 0.3) is 5.56 Å². The first-order valence-electron chi connectivity index (χ1n) is 7.96. The monoisotopic (exact) mass is 324 g/mol. The molecule has 0 saturated heterocycles. The summed E-state index contributed by atoms with van der Waals surface area (Å²) >= 11 is 0. The third kappa shape index (κ3) is 2.95. The molecule has 0 radical (unpaired) electrons. The quantitative estimate of drug-likeness (QED) is 0.774. The largest absolute Gasteiger partial charge is 0.343 e. The lowest BCUT2D eigenvalue weighted by Gasteiger charge is -2.15. The van der Waals surface area contributed by atoms with Crippen molar-refractivity contribution in [2.75, 3.05) is 5.32 Å². The van der Waals surface area contributed by atoms with Crippen molar-refractivity contribution < 1.29 is 4.79 Å². The summed E-state index contributed by atoms with van der Waals surface area (Å²) in [5.41, 5.74) is 3.09. The highest BCUT2D eigenvalue weighted by Gasteiger charge is 2.18. The molecule has 1 unspecified atom stereocenters. The van der Waals surface area contributed by atoms with Crippen LogP contribution in [0.1, 0.15) is 31.1 Å². The van der Waals surface area contributed by atoms with Crippen molar-refractivity contribution in [3.8, 4) is 0 Å². The number of rotatable bonds is 4. The van der Waals surface area contributed by atoms with E-state index in [-0.39, 0.29) is 11.5 Å². The summed E-state index contributed by atoms with van der Waals surface area (Å²) in [4.78, 5) is 32.2. The molecule has 0 aliphatic rings. The highest BCUT2D eigenvalue weighted by Crippen LogP contribution is 2.14. The Hall–Kier alpha value is -2.89. The van der Waals surface area contributed by atoms with Gasteiger partial charge in [-0.25, -0.2) is 4.98 Å². The van der Waals surface area contributed by atoms with Crippen molar-refractivity contribution in [2.45, 2.75) is 33.2 Å². The van der Waals surface area contributed by atoms with E-state index in [1.165, 1.54) is 16.5 Å². The van der Waals surface area contributed by atoms with E-state index in [2.05, 4.69) is 22.2 Å². The summed E-state index contributed by atoms with van der Waals surface area (Å²) in [5.74, 6) is -0.255. The number of aromatic nitrogens is 3. The number of hydrogen-bond acceptors (Lipinski definition) is 3. The number of carbonyl (C=O) groups excluding carboxylic acids is 1. The Morgan fingerprint density at radius 3 is 2.71 bits per heavy atom. The van der Waals surface area contributed by atoms with Gasteiger partial charge in [0, 0.05) is 11.4 Å². The van der Waals surface area contributed by atoms with Gasteiger partial charge in [0.15, 0.2) is 0 Å². The van der Waals surface area contributed by atoms with Crippen molar-refractivity contribution in [2.24, 2.45) is 0 Å². The highest BCUT2D eigenvalue weighted by atomic mass is 16.2. The summed E-state index contributed by atoms with van der Waals surface area (Å²) in [5, 5.41) is 3.33. The van der Waals surface area contributed by atoms with Crippen LogP contribution < -0.4 is 10.9 Å². The van der Waals surface area contributed by atoms with Crippen LogP contribution in [-0.4, -0.2) is 20.4 Å². The zero-order valence-electron chi connectivity index (χ0n) is 14.0. The van der Waals surface area contributed by atoms with Gasteiger partial charge in [-0.1, -0.05) is 19.1 Å². The summed E-state index contributed by atoms with van der Waals surface area (Å²) < 4.78 is 1.35. The lowest BCUT2D eigenvalue weighted by atomic mass is 10.1. The Labute approximate surface area is 139 Å². The van der Waals surface area contributed by atoms with Gasteiger partial charge in [0.05, 0.1) is 5.39 Å². The van der Waals surface area contributed by atoms with Crippen LogP contribution in [0.25, 0.3) is 11.0 Å². The molecule has 2 aromatic heterocycles. The molecule has 1 aromatic carbocycles. The normalized spacial score (nSPS) is 12.3. The Kier molecular flexibility index (Phi) is 4.20. The number of fused-ring (bicyclic) bond motifs is 1. The minimum atomic E-state index is -0.657. The maximum absolute atomic E-state index is 12.5. The predicted molar refractivity (Wildman–Crippen MR) is 94.3 cm³/mol. The number of amides is 1. The third-order valence-corrected chi connectivity index (χ3v) is 4.13. The molecule has 3 aromatic rings. The number of H-pyrrole nitrogens is 1. The lowest BCUT2D eigenvalue weighted by Crippen LogP contribution is -2.31. The zero-order valence-corrected chi connectivity index (χ0v) is 14.0. The van der Waals surface area contributed by atoms with Gasteiger partial charge < -0.3 is 10.3 Å². The number of hydrogen-bond donors (Lipinski definition) is 2. The fourth-order valence-corrected chi connectivity index (χ4v) is 2.62. The Morgan fingerprint density at radius 1 is 1.33 bits per heavy atom. The average Bonchev–Trinajstić information content (AvgIpc) is 2.97. The lowest BCUT2D eigenvalue weighted by molar-refractivity contribution is -0.118. The molecule has 0 aliphatic heterocycles. The second-order valence-electron chi connectivity index (χ2n) is 5.89. The number of anilines is 1. The maximum Gasteiger partial charge on any atom is 0.263 e. The van der Waals surface area contributed by atoms with Crippen LogP contribution in [0.15, 0.2) is 41.5 Å². The van der Waals surface area contributed by atoms with E-state index in [4.69, 9.17) is 0 Å². The maximum atomic E-state index is 12.5. The molecule has 124 valence electrons. The molecular formula is C18H20N4O2. The van der Waals surface area contributed by atoms with E-state index in [0.717, 1.165) is 12.1 Å². The van der Waals surface area contributed by atoms with E-state index in [1.807, 2.05) is 31.2 Å². The molecule has 0 aliphatic carbocycles. The van der Waals surface area contributed by atoms with Crippen LogP contribution >= 0.6 is 0 Å². The van der Waals surface area contributed by atoms with Crippen LogP contribution in [0.2, 0.25) is 0 Å². The number of carbonyl (C=O) groups is 1. The molecule has 0 bridgehead atoms. The van der Waals surface area contributed by atoms with Crippen molar-refractivity contribution >= 4 is 22.6 Å². The molecule has 0 fully saturated rings. The number of nitrogens with one attached hydrogen (secondary N) is 2. The average molecular weight is 324 g/mol. The second kappa shape index (κ2) is 6.31. The fraction of sp³-hybridized carbons (Fsp3) is 0.278. The molecule has 2 N–H and O–H groups in total. The Balaban J connectivity index is 1.84. The zero-order chi connectivity index (χ0) is 17.3. The predicted octanol–water partition coefficient (Wildman–Crippen LogP) is 2.80. The Bertz CT molecular complexity index is 938. The van der Waals surface area contributed by atoms with E-state index >= 15 is 0 Å². The summed E-state index contributed by atoms with van der Waals surface area (Å²) in [7, 11) is 0. The van der Waals surface area contributed by atoms with E-state index < -0.39 is 6.04 Å². The van der Waals surface area contributed by atoms with Crippen molar-refractivity contribution in [1.29, 1.82) is 0 Å². The minimum Gasteiger partial charge on any atom is -0.343 e. The first kappa shape index (κ1) is 16.0. The number of aryl methyl sites for hydroxylation is 2. The summed E-state index contributed by atoms with van der Waals surface area (Å²) in [6, 6.07) is 8.77. The van der Waals surface area contributed by atoms with Crippen LogP contribution in [0.4, 0.5) is 5.69 Å². The molecule has 24 heavy (non-hydrogen) atoms. The van der Waals surface area contributed by atoms with Crippen molar-refractivity contribution in [1.82, 2.24) is 14.5 Å². The van der Waals surface area contributed by atoms with Gasteiger partial charge in [0.2, 0.25) is 5.91 Å². The number of nitrogens with zero attached hydrogens (tertiary/aromatic N) is 2. The van der Waals surface area contributed by atoms with Crippen molar-refractivity contribution in [3.63, 3.8) is 0 Å². The summed E-state index contributed by atoms with van der Waals surface area (Å²) in [6.07, 6.45) is 2.35. The molecule has 6 heteroatoms. The van der Waals surface area contributed by atoms with Gasteiger partial charge in [0.1, 0.15) is 18.0 Å². The topological polar surface area (TPSA) is 79.8 Å². The SMILES string of the molecule is CCc1ccc(NC(=O)C(C)n2cnc3[nH]c(C)cc3c2=O)cc1. The fourth-order valence-electron chi connectivity index (χ4n) is 2.62. The standard InChI is InChI=1S/C18H20N4O2/c1-4-13-5-7-14(8-6-13)21-17(23)12(3)22-10-19-16-15(18(22)24)9-11(2)20-16/h5-10,12,20H,4H2,1-3H3,(H,21,23). The second-order valence-corrected chi connectivity index (χ2v) is 5.89. The van der Waals surface area contributed by atoms with E-state index in [0.29, 0.717) is 16.7 Å². The van der Waals surface area contributed by atoms with Gasteiger partial charge in [-0.2, -0.15) is 0 Å². The number of benzene rings is 1. The van der Waals surface area contributed by atoms with Gasteiger partial charge >= 0.3 is 0 Å². The summed E-state index contributed by atoms with van der Waals surface area (Å²) in [6.45, 7) is 5.62. The molecule has 3 rings (SSSR count). The molecule has 0 spiro atoms.